The van der Waals surface area contributed by atoms with Crippen molar-refractivity contribution in [2.75, 3.05) is 18.1 Å². The molecule has 0 bridgehead atoms. The van der Waals surface area contributed by atoms with Crippen LogP contribution in [0.2, 0.25) is 0 Å². The number of amides is 1. The third-order valence-corrected chi connectivity index (χ3v) is 4.64. The first kappa shape index (κ1) is 14.2. The van der Waals surface area contributed by atoms with E-state index in [9.17, 15) is 4.79 Å². The number of nitrogens with one attached hydrogen (secondary N) is 2. The minimum absolute atomic E-state index is 0.0655. The van der Waals surface area contributed by atoms with E-state index in [1.165, 1.54) is 6.42 Å². The molecule has 2 atom stereocenters. The first-order valence-electron chi connectivity index (χ1n) is 6.79. The standard InChI is InChI=1S/C14H21N3OS/c1-3-19-12-5-4-11(8-12)17-14(18)13-9-10(15-2)6-7-16-13/h6-7,9,11-12H,3-5,8H2,1-2H3,(H,15,16)(H,17,18). The van der Waals surface area contributed by atoms with Crippen LogP contribution >= 0.6 is 11.8 Å². The van der Waals surface area contributed by atoms with Gasteiger partial charge in [0.1, 0.15) is 5.69 Å². The van der Waals surface area contributed by atoms with E-state index in [-0.39, 0.29) is 5.91 Å². The fraction of sp³-hybridized carbons (Fsp3) is 0.571. The Kier molecular flexibility index (Phi) is 5.07. The summed E-state index contributed by atoms with van der Waals surface area (Å²) in [5.41, 5.74) is 1.39. The second-order valence-electron chi connectivity index (χ2n) is 4.74. The van der Waals surface area contributed by atoms with Gasteiger partial charge in [0.15, 0.2) is 0 Å². The Morgan fingerprint density at radius 3 is 3.11 bits per heavy atom. The quantitative estimate of drug-likeness (QED) is 0.869. The number of hydrogen-bond acceptors (Lipinski definition) is 4. The van der Waals surface area contributed by atoms with Crippen LogP contribution < -0.4 is 10.6 Å². The Morgan fingerprint density at radius 1 is 1.53 bits per heavy atom. The van der Waals surface area contributed by atoms with Gasteiger partial charge in [-0.05, 0) is 37.1 Å². The molecule has 1 heterocycles. The molecule has 0 radical (unpaired) electrons. The molecule has 19 heavy (non-hydrogen) atoms. The molecule has 1 aromatic heterocycles. The number of anilines is 1. The van der Waals surface area contributed by atoms with E-state index < -0.39 is 0 Å². The summed E-state index contributed by atoms with van der Waals surface area (Å²) in [6.07, 6.45) is 5.02. The fourth-order valence-electron chi connectivity index (χ4n) is 2.43. The van der Waals surface area contributed by atoms with Crippen LogP contribution in [0.5, 0.6) is 0 Å². The Morgan fingerprint density at radius 2 is 2.37 bits per heavy atom. The monoisotopic (exact) mass is 279 g/mol. The molecule has 0 saturated heterocycles. The Hall–Kier alpha value is -1.23. The average molecular weight is 279 g/mol. The topological polar surface area (TPSA) is 54.0 Å². The lowest BCUT2D eigenvalue weighted by molar-refractivity contribution is 0.0933. The maximum Gasteiger partial charge on any atom is 0.270 e. The highest BCUT2D eigenvalue weighted by atomic mass is 32.2. The van der Waals surface area contributed by atoms with Gasteiger partial charge in [-0.15, -0.1) is 0 Å². The smallest absolute Gasteiger partial charge is 0.270 e. The molecule has 104 valence electrons. The molecule has 1 aliphatic carbocycles. The zero-order valence-electron chi connectivity index (χ0n) is 11.5. The molecule has 2 unspecified atom stereocenters. The van der Waals surface area contributed by atoms with E-state index in [2.05, 4.69) is 22.5 Å². The van der Waals surface area contributed by atoms with Crippen molar-refractivity contribution in [2.24, 2.45) is 0 Å². The third-order valence-electron chi connectivity index (χ3n) is 3.40. The number of carbonyl (C=O) groups excluding carboxylic acids is 1. The van der Waals surface area contributed by atoms with Crippen LogP contribution in [0, 0.1) is 0 Å². The molecule has 0 aliphatic heterocycles. The summed E-state index contributed by atoms with van der Waals surface area (Å²) in [6.45, 7) is 2.18. The molecule has 1 aromatic rings. The SMILES string of the molecule is CCSC1CCC(NC(=O)c2cc(NC)ccn2)C1. The molecule has 1 aliphatic rings. The minimum atomic E-state index is -0.0655. The van der Waals surface area contributed by atoms with E-state index in [4.69, 9.17) is 0 Å². The Bertz CT molecular complexity index is 438. The van der Waals surface area contributed by atoms with Crippen LogP contribution in [0.4, 0.5) is 5.69 Å². The molecular weight excluding hydrogens is 258 g/mol. The van der Waals surface area contributed by atoms with Crippen molar-refractivity contribution in [1.29, 1.82) is 0 Å². The van der Waals surface area contributed by atoms with E-state index in [1.54, 1.807) is 12.3 Å². The minimum Gasteiger partial charge on any atom is -0.388 e. The number of rotatable bonds is 5. The highest BCUT2D eigenvalue weighted by Gasteiger charge is 2.26. The highest BCUT2D eigenvalue weighted by Crippen LogP contribution is 2.29. The van der Waals surface area contributed by atoms with Gasteiger partial charge in [-0.2, -0.15) is 11.8 Å². The van der Waals surface area contributed by atoms with Crippen LogP contribution in [0.25, 0.3) is 0 Å². The number of nitrogens with zero attached hydrogens (tertiary/aromatic N) is 1. The summed E-state index contributed by atoms with van der Waals surface area (Å²) in [6, 6.07) is 3.93. The van der Waals surface area contributed by atoms with Gasteiger partial charge in [0, 0.05) is 30.2 Å². The normalized spacial score (nSPS) is 22.2. The summed E-state index contributed by atoms with van der Waals surface area (Å²) < 4.78 is 0. The molecule has 4 nitrogen and oxygen atoms in total. The summed E-state index contributed by atoms with van der Waals surface area (Å²) >= 11 is 1.99. The first-order chi connectivity index (χ1) is 9.22. The maximum absolute atomic E-state index is 12.1. The summed E-state index contributed by atoms with van der Waals surface area (Å²) in [4.78, 5) is 16.3. The van der Waals surface area contributed by atoms with Crippen molar-refractivity contribution in [1.82, 2.24) is 10.3 Å². The fourth-order valence-corrected chi connectivity index (χ4v) is 3.57. The lowest BCUT2D eigenvalue weighted by atomic mass is 10.2. The Balaban J connectivity index is 1.90. The predicted octanol–water partition coefficient (Wildman–Crippen LogP) is 2.53. The molecular formula is C14H21N3OS. The van der Waals surface area contributed by atoms with Crippen molar-refractivity contribution in [3.05, 3.63) is 24.0 Å². The molecule has 1 fully saturated rings. The molecule has 2 N–H and O–H groups in total. The van der Waals surface area contributed by atoms with Crippen LogP contribution in [0.1, 0.15) is 36.7 Å². The van der Waals surface area contributed by atoms with Crippen LogP contribution in [0.3, 0.4) is 0 Å². The number of aromatic nitrogens is 1. The number of hydrogen-bond donors (Lipinski definition) is 2. The summed E-state index contributed by atoms with van der Waals surface area (Å²) in [5.74, 6) is 1.08. The van der Waals surface area contributed by atoms with Crippen molar-refractivity contribution in [3.8, 4) is 0 Å². The van der Waals surface area contributed by atoms with Gasteiger partial charge in [-0.3, -0.25) is 9.78 Å². The van der Waals surface area contributed by atoms with Gasteiger partial charge in [-0.1, -0.05) is 6.92 Å². The number of carbonyl (C=O) groups is 1. The van der Waals surface area contributed by atoms with Gasteiger partial charge >= 0.3 is 0 Å². The highest BCUT2D eigenvalue weighted by molar-refractivity contribution is 7.99. The zero-order chi connectivity index (χ0) is 13.7. The summed E-state index contributed by atoms with van der Waals surface area (Å²) in [7, 11) is 1.83. The molecule has 1 saturated carbocycles. The Labute approximate surface area is 118 Å². The number of pyridine rings is 1. The van der Waals surface area contributed by atoms with E-state index >= 15 is 0 Å². The van der Waals surface area contributed by atoms with Crippen molar-refractivity contribution >= 4 is 23.4 Å². The van der Waals surface area contributed by atoms with Crippen LogP contribution in [0.15, 0.2) is 18.3 Å². The largest absolute Gasteiger partial charge is 0.388 e. The number of thioether (sulfide) groups is 1. The third kappa shape index (κ3) is 3.86. The van der Waals surface area contributed by atoms with Crippen molar-refractivity contribution in [2.45, 2.75) is 37.5 Å². The van der Waals surface area contributed by atoms with Crippen LogP contribution in [-0.2, 0) is 0 Å². The van der Waals surface area contributed by atoms with E-state index in [0.717, 1.165) is 24.3 Å². The van der Waals surface area contributed by atoms with Crippen molar-refractivity contribution < 1.29 is 4.79 Å². The molecule has 2 rings (SSSR count). The summed E-state index contributed by atoms with van der Waals surface area (Å²) in [5, 5.41) is 6.81. The lowest BCUT2D eigenvalue weighted by Crippen LogP contribution is -2.33. The first-order valence-corrected chi connectivity index (χ1v) is 7.84. The predicted molar refractivity (Wildman–Crippen MR) is 80.8 cm³/mol. The van der Waals surface area contributed by atoms with Crippen LogP contribution in [-0.4, -0.2) is 35.0 Å². The van der Waals surface area contributed by atoms with Gasteiger partial charge in [0.2, 0.25) is 0 Å². The average Bonchev–Trinajstić information content (AvgIpc) is 2.86. The van der Waals surface area contributed by atoms with E-state index in [1.807, 2.05) is 24.9 Å². The van der Waals surface area contributed by atoms with Gasteiger partial charge in [-0.25, -0.2) is 0 Å². The molecule has 1 amide bonds. The van der Waals surface area contributed by atoms with Gasteiger partial charge < -0.3 is 10.6 Å². The second kappa shape index (κ2) is 6.80. The second-order valence-corrected chi connectivity index (χ2v) is 6.32. The molecule has 5 heteroatoms. The van der Waals surface area contributed by atoms with E-state index in [0.29, 0.717) is 17.0 Å². The van der Waals surface area contributed by atoms with Gasteiger partial charge in [0.05, 0.1) is 0 Å². The molecule has 0 spiro atoms. The van der Waals surface area contributed by atoms with Gasteiger partial charge in [0.25, 0.3) is 5.91 Å². The van der Waals surface area contributed by atoms with Crippen molar-refractivity contribution in [3.63, 3.8) is 0 Å². The maximum atomic E-state index is 12.1. The lowest BCUT2D eigenvalue weighted by Gasteiger charge is -2.13. The zero-order valence-corrected chi connectivity index (χ0v) is 12.3. The molecule has 0 aromatic carbocycles.